The van der Waals surface area contributed by atoms with Crippen molar-refractivity contribution in [2.24, 2.45) is 5.73 Å². The molecule has 1 saturated carbocycles. The maximum Gasteiger partial charge on any atom is 0.0250 e. The maximum absolute atomic E-state index is 6.33. The van der Waals surface area contributed by atoms with Crippen molar-refractivity contribution in [1.82, 2.24) is 4.90 Å². The highest BCUT2D eigenvalue weighted by atomic mass is 15.2. The fourth-order valence-corrected chi connectivity index (χ4v) is 3.65. The molecule has 1 aliphatic heterocycles. The van der Waals surface area contributed by atoms with Gasteiger partial charge in [-0.1, -0.05) is 32.6 Å². The van der Waals surface area contributed by atoms with Gasteiger partial charge in [-0.05, 0) is 38.6 Å². The Labute approximate surface area is 101 Å². The molecule has 2 rings (SSSR count). The molecule has 94 valence electrons. The first-order chi connectivity index (χ1) is 7.83. The number of nitrogens with zero attached hydrogens (tertiary/aromatic N) is 1. The molecule has 0 radical (unpaired) electrons. The van der Waals surface area contributed by atoms with Crippen molar-refractivity contribution in [2.45, 2.75) is 82.8 Å². The average molecular weight is 224 g/mol. The molecule has 0 aromatic heterocycles. The Morgan fingerprint density at radius 1 is 1.06 bits per heavy atom. The van der Waals surface area contributed by atoms with Crippen LogP contribution < -0.4 is 5.73 Å². The highest BCUT2D eigenvalue weighted by molar-refractivity contribution is 4.90. The summed E-state index contributed by atoms with van der Waals surface area (Å²) in [5.74, 6) is 0. The molecule has 1 aliphatic carbocycles. The number of likely N-dealkylation sites (tertiary alicyclic amines) is 1. The fourth-order valence-electron chi connectivity index (χ4n) is 3.65. The van der Waals surface area contributed by atoms with E-state index in [1.54, 1.807) is 0 Å². The Kier molecular flexibility index (Phi) is 4.66. The second-order valence-corrected chi connectivity index (χ2v) is 5.69. The fraction of sp³-hybridized carbons (Fsp3) is 1.00. The summed E-state index contributed by atoms with van der Waals surface area (Å²) in [6, 6.07) is 1.99. The van der Waals surface area contributed by atoms with Gasteiger partial charge in [-0.2, -0.15) is 0 Å². The predicted molar refractivity (Wildman–Crippen MR) is 69.5 cm³/mol. The van der Waals surface area contributed by atoms with E-state index >= 15 is 0 Å². The maximum atomic E-state index is 6.33. The quantitative estimate of drug-likeness (QED) is 0.798. The van der Waals surface area contributed by atoms with Gasteiger partial charge in [-0.25, -0.2) is 0 Å². The summed E-state index contributed by atoms with van der Waals surface area (Å²) in [7, 11) is 0. The van der Waals surface area contributed by atoms with Gasteiger partial charge in [0.05, 0.1) is 0 Å². The van der Waals surface area contributed by atoms with Crippen LogP contribution in [0.4, 0.5) is 0 Å². The van der Waals surface area contributed by atoms with Crippen LogP contribution in [0.15, 0.2) is 0 Å². The van der Waals surface area contributed by atoms with Crippen molar-refractivity contribution in [3.63, 3.8) is 0 Å². The lowest BCUT2D eigenvalue weighted by Gasteiger charge is -2.45. The van der Waals surface area contributed by atoms with Gasteiger partial charge in [-0.3, -0.25) is 4.90 Å². The molecule has 0 aromatic rings. The summed E-state index contributed by atoms with van der Waals surface area (Å²) >= 11 is 0. The zero-order chi connectivity index (χ0) is 11.4. The van der Waals surface area contributed by atoms with Crippen LogP contribution in [0.3, 0.4) is 0 Å². The van der Waals surface area contributed by atoms with Gasteiger partial charge in [0.2, 0.25) is 0 Å². The Bertz CT molecular complexity index is 203. The van der Waals surface area contributed by atoms with Crippen LogP contribution in [-0.4, -0.2) is 29.6 Å². The molecule has 0 spiro atoms. The van der Waals surface area contributed by atoms with Gasteiger partial charge in [-0.15, -0.1) is 0 Å². The van der Waals surface area contributed by atoms with E-state index in [0.717, 1.165) is 6.04 Å². The van der Waals surface area contributed by atoms with Crippen molar-refractivity contribution >= 4 is 0 Å². The molecule has 0 amide bonds. The average Bonchev–Trinajstić information content (AvgIpc) is 2.31. The van der Waals surface area contributed by atoms with Crippen LogP contribution in [0.5, 0.6) is 0 Å². The third-order valence-corrected chi connectivity index (χ3v) is 4.50. The molecule has 1 saturated heterocycles. The minimum absolute atomic E-state index is 0.450. The first-order valence-corrected chi connectivity index (χ1v) is 7.34. The van der Waals surface area contributed by atoms with Gasteiger partial charge in [0.1, 0.15) is 0 Å². The smallest absolute Gasteiger partial charge is 0.0250 e. The molecule has 3 atom stereocenters. The van der Waals surface area contributed by atoms with Crippen LogP contribution in [0.25, 0.3) is 0 Å². The summed E-state index contributed by atoms with van der Waals surface area (Å²) in [5.41, 5.74) is 6.33. The standard InChI is InChI=1S/C14H28N2/c1-2-7-12-8-5-6-11-16(12)14-10-4-3-9-13(14)15/h12-14H,2-11,15H2,1H3. The van der Waals surface area contributed by atoms with Gasteiger partial charge in [0.15, 0.2) is 0 Å². The minimum atomic E-state index is 0.450. The molecule has 2 heteroatoms. The number of piperidine rings is 1. The second kappa shape index (κ2) is 6.02. The molecule has 2 fully saturated rings. The van der Waals surface area contributed by atoms with Crippen molar-refractivity contribution in [3.8, 4) is 0 Å². The molecule has 0 aromatic carbocycles. The van der Waals surface area contributed by atoms with Crippen molar-refractivity contribution in [2.75, 3.05) is 6.54 Å². The Morgan fingerprint density at radius 3 is 2.56 bits per heavy atom. The number of hydrogen-bond acceptors (Lipinski definition) is 2. The molecule has 1 heterocycles. The molecule has 2 nitrogen and oxygen atoms in total. The van der Waals surface area contributed by atoms with E-state index in [-0.39, 0.29) is 0 Å². The number of rotatable bonds is 3. The zero-order valence-electron chi connectivity index (χ0n) is 10.8. The lowest BCUT2D eigenvalue weighted by atomic mass is 9.86. The van der Waals surface area contributed by atoms with Crippen LogP contribution in [0, 0.1) is 0 Å². The van der Waals surface area contributed by atoms with Gasteiger partial charge in [0, 0.05) is 18.1 Å². The topological polar surface area (TPSA) is 29.3 Å². The normalized spacial score (nSPS) is 37.5. The lowest BCUT2D eigenvalue weighted by Crippen LogP contribution is -2.55. The van der Waals surface area contributed by atoms with Crippen LogP contribution in [0.2, 0.25) is 0 Å². The summed E-state index contributed by atoms with van der Waals surface area (Å²) in [4.78, 5) is 2.77. The molecule has 16 heavy (non-hydrogen) atoms. The summed E-state index contributed by atoms with van der Waals surface area (Å²) in [6.07, 6.45) is 12.3. The van der Waals surface area contributed by atoms with E-state index < -0.39 is 0 Å². The zero-order valence-corrected chi connectivity index (χ0v) is 10.8. The Hall–Kier alpha value is -0.0800. The molecule has 3 unspecified atom stereocenters. The van der Waals surface area contributed by atoms with Crippen molar-refractivity contribution < 1.29 is 0 Å². The highest BCUT2D eigenvalue weighted by Gasteiger charge is 2.32. The van der Waals surface area contributed by atoms with Crippen LogP contribution >= 0.6 is 0 Å². The number of nitrogens with two attached hydrogens (primary N) is 1. The number of hydrogen-bond donors (Lipinski definition) is 1. The molecule has 2 aliphatic rings. The molecular weight excluding hydrogens is 196 g/mol. The van der Waals surface area contributed by atoms with E-state index in [1.165, 1.54) is 64.3 Å². The van der Waals surface area contributed by atoms with E-state index in [4.69, 9.17) is 5.73 Å². The monoisotopic (exact) mass is 224 g/mol. The van der Waals surface area contributed by atoms with Crippen molar-refractivity contribution in [1.29, 1.82) is 0 Å². The lowest BCUT2D eigenvalue weighted by molar-refractivity contribution is 0.0565. The SMILES string of the molecule is CCCC1CCCCN1C1CCCCC1N. The van der Waals surface area contributed by atoms with Gasteiger partial charge in [0.25, 0.3) is 0 Å². The van der Waals surface area contributed by atoms with E-state index in [2.05, 4.69) is 11.8 Å². The molecular formula is C14H28N2. The molecule has 0 bridgehead atoms. The molecule has 2 N–H and O–H groups in total. The minimum Gasteiger partial charge on any atom is -0.326 e. The first kappa shape index (κ1) is 12.4. The second-order valence-electron chi connectivity index (χ2n) is 5.69. The summed E-state index contributed by atoms with van der Waals surface area (Å²) < 4.78 is 0. The predicted octanol–water partition coefficient (Wildman–Crippen LogP) is 2.91. The van der Waals surface area contributed by atoms with Crippen LogP contribution in [0.1, 0.15) is 64.7 Å². The third kappa shape index (κ3) is 2.78. The van der Waals surface area contributed by atoms with Crippen LogP contribution in [-0.2, 0) is 0 Å². The highest BCUT2D eigenvalue weighted by Crippen LogP contribution is 2.29. The Morgan fingerprint density at radius 2 is 1.81 bits per heavy atom. The third-order valence-electron chi connectivity index (χ3n) is 4.50. The Balaban J connectivity index is 1.97. The van der Waals surface area contributed by atoms with Gasteiger partial charge < -0.3 is 5.73 Å². The van der Waals surface area contributed by atoms with E-state index in [0.29, 0.717) is 12.1 Å². The van der Waals surface area contributed by atoms with E-state index in [1.807, 2.05) is 0 Å². The largest absolute Gasteiger partial charge is 0.326 e. The summed E-state index contributed by atoms with van der Waals surface area (Å²) in [6.45, 7) is 3.62. The first-order valence-electron chi connectivity index (χ1n) is 7.34. The van der Waals surface area contributed by atoms with E-state index in [9.17, 15) is 0 Å². The van der Waals surface area contributed by atoms with Crippen molar-refractivity contribution in [3.05, 3.63) is 0 Å². The van der Waals surface area contributed by atoms with Gasteiger partial charge >= 0.3 is 0 Å². The summed E-state index contributed by atoms with van der Waals surface area (Å²) in [5, 5.41) is 0.